The Morgan fingerprint density at radius 3 is 2.46 bits per heavy atom. The number of benzene rings is 1. The minimum absolute atomic E-state index is 0.00576. The summed E-state index contributed by atoms with van der Waals surface area (Å²) >= 11 is 0. The summed E-state index contributed by atoms with van der Waals surface area (Å²) in [5.41, 5.74) is -0.396. The molecule has 15 heteroatoms. The van der Waals surface area contributed by atoms with Crippen molar-refractivity contribution in [2.45, 2.75) is 62.4 Å². The van der Waals surface area contributed by atoms with E-state index in [2.05, 4.69) is 25.4 Å². The molecule has 1 saturated carbocycles. The molecule has 0 spiro atoms. The highest BCUT2D eigenvalue weighted by atomic mass is 32.2. The predicted molar refractivity (Wildman–Crippen MR) is 161 cm³/mol. The van der Waals surface area contributed by atoms with E-state index in [1.165, 1.54) is 18.2 Å². The Morgan fingerprint density at radius 2 is 1.78 bits per heavy atom. The minimum Gasteiger partial charge on any atom is -0.361 e. The van der Waals surface area contributed by atoms with Crippen LogP contribution in [0, 0.1) is 13.8 Å². The molecule has 2 aliphatic rings. The molecule has 4 aromatic heterocycles. The number of nitrogens with one attached hydrogen (secondary N) is 1. The lowest BCUT2D eigenvalue weighted by Crippen LogP contribution is -2.57. The summed E-state index contributed by atoms with van der Waals surface area (Å²) in [7, 11) is -4.31. The van der Waals surface area contributed by atoms with Crippen LogP contribution in [0.2, 0.25) is 0 Å². The third-order valence-electron chi connectivity index (χ3n) is 8.69. The number of halogens is 4. The Balaban J connectivity index is 1.40. The highest BCUT2D eigenvalue weighted by molar-refractivity contribution is 7.90. The zero-order chi connectivity index (χ0) is 32.4. The number of anilines is 1. The van der Waals surface area contributed by atoms with Crippen LogP contribution in [0.1, 0.15) is 36.3 Å². The van der Waals surface area contributed by atoms with E-state index in [-0.39, 0.29) is 39.5 Å². The van der Waals surface area contributed by atoms with Crippen molar-refractivity contribution in [3.05, 3.63) is 71.9 Å². The summed E-state index contributed by atoms with van der Waals surface area (Å²) in [4.78, 5) is 14.9. The molecule has 240 valence electrons. The first-order chi connectivity index (χ1) is 21.9. The largest absolute Gasteiger partial charge is 0.419 e. The quantitative estimate of drug-likeness (QED) is 0.210. The van der Waals surface area contributed by atoms with Gasteiger partial charge in [0, 0.05) is 48.5 Å². The van der Waals surface area contributed by atoms with E-state index in [0.29, 0.717) is 42.0 Å². The predicted octanol–water partition coefficient (Wildman–Crippen LogP) is 6.01. The summed E-state index contributed by atoms with van der Waals surface area (Å²) in [6, 6.07) is 10.5. The molecule has 0 unspecified atom stereocenters. The zero-order valence-electron chi connectivity index (χ0n) is 24.8. The van der Waals surface area contributed by atoms with E-state index in [1.807, 2.05) is 4.90 Å². The second kappa shape index (κ2) is 11.2. The molecule has 2 fully saturated rings. The van der Waals surface area contributed by atoms with Gasteiger partial charge in [-0.15, -0.1) is 0 Å². The van der Waals surface area contributed by atoms with Crippen molar-refractivity contribution < 1.29 is 30.5 Å². The van der Waals surface area contributed by atoms with Crippen LogP contribution in [0.3, 0.4) is 0 Å². The van der Waals surface area contributed by atoms with Gasteiger partial charge in [0.2, 0.25) is 5.95 Å². The van der Waals surface area contributed by atoms with Crippen molar-refractivity contribution in [2.75, 3.05) is 18.4 Å². The van der Waals surface area contributed by atoms with Crippen LogP contribution >= 0.6 is 0 Å². The zero-order valence-corrected chi connectivity index (χ0v) is 25.6. The SMILES string of the molecule is Cc1noc(C)c1-c1ccc2c(-c3nc(N[C@H]4CCC[C@@H]4N4CC(F)C4)ncc3C(F)(F)F)cn(S(=O)(=O)c3ccccc3)c2n1. The lowest BCUT2D eigenvalue weighted by Gasteiger charge is -2.41. The van der Waals surface area contributed by atoms with Crippen molar-refractivity contribution in [1.29, 1.82) is 0 Å². The van der Waals surface area contributed by atoms with Gasteiger partial charge in [-0.05, 0) is 57.4 Å². The fourth-order valence-electron chi connectivity index (χ4n) is 6.44. The standard InChI is InChI=1S/C31H29F4N7O3S/c1-17-27(18(2)45-40-17)25-12-11-21-22(16-42(29(21)37-25)46(43,44)20-7-4-3-5-8-20)28-23(31(33,34)35)13-36-30(39-28)38-24-9-6-10-26(24)41-14-19(32)15-41/h3-5,7-8,11-13,16,19,24,26H,6,9-10,14-15H2,1-2H3,(H,36,38,39)/t24-,26-/m0/s1. The highest BCUT2D eigenvalue weighted by Crippen LogP contribution is 2.41. The Bertz CT molecular complexity index is 2020. The number of hydrogen-bond donors (Lipinski definition) is 1. The van der Waals surface area contributed by atoms with Gasteiger partial charge in [0.15, 0.2) is 5.65 Å². The van der Waals surface area contributed by atoms with E-state index in [1.54, 1.807) is 38.1 Å². The Hall–Kier alpha value is -4.37. The Kier molecular flexibility index (Phi) is 7.35. The van der Waals surface area contributed by atoms with Gasteiger partial charge in [-0.2, -0.15) is 13.2 Å². The van der Waals surface area contributed by atoms with E-state index in [0.717, 1.165) is 29.4 Å². The lowest BCUT2D eigenvalue weighted by molar-refractivity contribution is -0.137. The van der Waals surface area contributed by atoms with Crippen LogP contribution in [0.4, 0.5) is 23.5 Å². The number of hydrogen-bond acceptors (Lipinski definition) is 9. The molecule has 0 radical (unpaired) electrons. The van der Waals surface area contributed by atoms with Gasteiger partial charge < -0.3 is 9.84 Å². The number of fused-ring (bicyclic) bond motifs is 1. The van der Waals surface area contributed by atoms with Gasteiger partial charge in [0.05, 0.1) is 27.5 Å². The monoisotopic (exact) mass is 655 g/mol. The first kappa shape index (κ1) is 30.3. The topological polar surface area (TPSA) is 119 Å². The molecule has 1 aliphatic carbocycles. The summed E-state index contributed by atoms with van der Waals surface area (Å²) in [6.07, 6.45) is -1.50. The second-order valence-corrected chi connectivity index (χ2v) is 13.5. The molecule has 0 amide bonds. The summed E-state index contributed by atoms with van der Waals surface area (Å²) in [6.45, 7) is 4.03. The van der Waals surface area contributed by atoms with Gasteiger partial charge in [-0.3, -0.25) is 4.90 Å². The van der Waals surface area contributed by atoms with E-state index >= 15 is 0 Å². The van der Waals surface area contributed by atoms with Crippen molar-refractivity contribution in [3.63, 3.8) is 0 Å². The van der Waals surface area contributed by atoms with Crippen LogP contribution in [0.15, 0.2) is 64.3 Å². The van der Waals surface area contributed by atoms with Gasteiger partial charge in [-0.1, -0.05) is 23.4 Å². The molecule has 1 aliphatic heterocycles. The average Bonchev–Trinajstić information content (AvgIpc) is 3.72. The molecule has 1 aromatic carbocycles. The van der Waals surface area contributed by atoms with E-state index < -0.39 is 33.6 Å². The number of pyridine rings is 1. The van der Waals surface area contributed by atoms with Crippen LogP contribution in [-0.2, 0) is 16.2 Å². The molecule has 46 heavy (non-hydrogen) atoms. The van der Waals surface area contributed by atoms with Crippen molar-refractivity contribution in [3.8, 4) is 22.5 Å². The maximum atomic E-state index is 14.5. The molecular weight excluding hydrogens is 626 g/mol. The normalized spacial score (nSPS) is 19.5. The third-order valence-corrected chi connectivity index (χ3v) is 10.4. The molecule has 5 aromatic rings. The second-order valence-electron chi connectivity index (χ2n) is 11.7. The smallest absolute Gasteiger partial charge is 0.361 e. The lowest BCUT2D eigenvalue weighted by atomic mass is 10.0. The summed E-state index contributed by atoms with van der Waals surface area (Å²) in [5.74, 6) is 0.411. The molecule has 0 bridgehead atoms. The van der Waals surface area contributed by atoms with E-state index in [4.69, 9.17) is 4.52 Å². The first-order valence-corrected chi connectivity index (χ1v) is 16.2. The number of aryl methyl sites for hydroxylation is 2. The molecular formula is C31H29F4N7O3S. The van der Waals surface area contributed by atoms with Crippen molar-refractivity contribution in [2.24, 2.45) is 0 Å². The van der Waals surface area contributed by atoms with Crippen LogP contribution in [0.25, 0.3) is 33.5 Å². The highest BCUT2D eigenvalue weighted by Gasteiger charge is 2.40. The maximum Gasteiger partial charge on any atom is 0.419 e. The fourth-order valence-corrected chi connectivity index (χ4v) is 7.78. The van der Waals surface area contributed by atoms with Crippen LogP contribution < -0.4 is 5.32 Å². The molecule has 7 rings (SSSR count). The molecule has 5 heterocycles. The Morgan fingerprint density at radius 1 is 1.02 bits per heavy atom. The minimum atomic E-state index is -4.85. The van der Waals surface area contributed by atoms with Gasteiger partial charge in [-0.25, -0.2) is 31.7 Å². The summed E-state index contributed by atoms with van der Waals surface area (Å²) in [5, 5.41) is 7.27. The number of rotatable bonds is 7. The molecule has 1 N–H and O–H groups in total. The van der Waals surface area contributed by atoms with Gasteiger partial charge in [0.25, 0.3) is 10.0 Å². The average molecular weight is 656 g/mol. The van der Waals surface area contributed by atoms with Crippen molar-refractivity contribution in [1.82, 2.24) is 29.0 Å². The number of likely N-dealkylation sites (tertiary alicyclic amines) is 1. The van der Waals surface area contributed by atoms with Crippen LogP contribution in [0.5, 0.6) is 0 Å². The van der Waals surface area contributed by atoms with Crippen LogP contribution in [-0.4, -0.2) is 68.7 Å². The van der Waals surface area contributed by atoms with Gasteiger partial charge in [0.1, 0.15) is 17.5 Å². The fraction of sp³-hybridized carbons (Fsp3) is 0.355. The number of aromatic nitrogens is 5. The Labute approximate surface area is 261 Å². The molecule has 2 atom stereocenters. The third kappa shape index (κ3) is 5.20. The van der Waals surface area contributed by atoms with E-state index in [9.17, 15) is 26.0 Å². The molecule has 1 saturated heterocycles. The summed E-state index contributed by atoms with van der Waals surface area (Å²) < 4.78 is 91.1. The number of alkyl halides is 4. The first-order valence-electron chi connectivity index (χ1n) is 14.8. The number of nitrogens with zero attached hydrogens (tertiary/aromatic N) is 6. The van der Waals surface area contributed by atoms with Gasteiger partial charge >= 0.3 is 6.18 Å². The maximum absolute atomic E-state index is 14.5. The molecule has 10 nitrogen and oxygen atoms in total. The van der Waals surface area contributed by atoms with Crippen molar-refractivity contribution >= 4 is 27.0 Å².